The van der Waals surface area contributed by atoms with E-state index in [1.165, 1.54) is 6.07 Å². The molecule has 5 nitrogen and oxygen atoms in total. The Morgan fingerprint density at radius 2 is 2.35 bits per heavy atom. The Kier molecular flexibility index (Phi) is 3.33. The van der Waals surface area contributed by atoms with E-state index in [2.05, 4.69) is 22.3 Å². The first-order valence-electron chi connectivity index (χ1n) is 6.55. The highest BCUT2D eigenvalue weighted by Gasteiger charge is 2.16. The number of aromatic carboxylic acids is 1. The van der Waals surface area contributed by atoms with Gasteiger partial charge >= 0.3 is 5.97 Å². The minimum Gasteiger partial charge on any atom is -0.478 e. The zero-order chi connectivity index (χ0) is 13.9. The van der Waals surface area contributed by atoms with Gasteiger partial charge in [-0.1, -0.05) is 29.4 Å². The number of benzene rings is 1. The summed E-state index contributed by atoms with van der Waals surface area (Å²) < 4.78 is 5.24. The van der Waals surface area contributed by atoms with Gasteiger partial charge in [0.2, 0.25) is 11.7 Å². The van der Waals surface area contributed by atoms with Gasteiger partial charge in [-0.2, -0.15) is 4.98 Å². The van der Waals surface area contributed by atoms with Crippen molar-refractivity contribution in [1.29, 1.82) is 0 Å². The Morgan fingerprint density at radius 3 is 3.10 bits per heavy atom. The van der Waals surface area contributed by atoms with E-state index in [9.17, 15) is 4.79 Å². The van der Waals surface area contributed by atoms with E-state index in [0.717, 1.165) is 19.3 Å². The number of hydrogen-bond donors (Lipinski definition) is 1. The van der Waals surface area contributed by atoms with Gasteiger partial charge in [-0.15, -0.1) is 0 Å². The number of aromatic nitrogens is 2. The summed E-state index contributed by atoms with van der Waals surface area (Å²) in [6.07, 6.45) is 7.30. The summed E-state index contributed by atoms with van der Waals surface area (Å²) >= 11 is 0. The zero-order valence-electron chi connectivity index (χ0n) is 10.8. The quantitative estimate of drug-likeness (QED) is 0.864. The van der Waals surface area contributed by atoms with Crippen LogP contribution in [-0.2, 0) is 6.42 Å². The van der Waals surface area contributed by atoms with Crippen LogP contribution in [-0.4, -0.2) is 21.2 Å². The molecule has 1 aromatic heterocycles. The molecule has 2 aromatic rings. The largest absolute Gasteiger partial charge is 0.478 e. The van der Waals surface area contributed by atoms with Crippen molar-refractivity contribution in [3.8, 4) is 11.4 Å². The molecule has 0 spiro atoms. The average molecular weight is 270 g/mol. The second kappa shape index (κ2) is 5.28. The van der Waals surface area contributed by atoms with Crippen LogP contribution in [0.3, 0.4) is 0 Å². The first-order valence-corrected chi connectivity index (χ1v) is 6.55. The lowest BCUT2D eigenvalue weighted by Gasteiger charge is -2.01. The van der Waals surface area contributed by atoms with E-state index in [-0.39, 0.29) is 5.56 Å². The third-order valence-corrected chi connectivity index (χ3v) is 3.38. The Morgan fingerprint density at radius 1 is 1.45 bits per heavy atom. The van der Waals surface area contributed by atoms with Crippen LogP contribution in [0, 0.1) is 5.92 Å². The number of carboxylic acids is 1. The Balaban J connectivity index is 1.80. The summed E-state index contributed by atoms with van der Waals surface area (Å²) in [5, 5.41) is 12.9. The number of carbonyl (C=O) groups is 1. The van der Waals surface area contributed by atoms with Crippen molar-refractivity contribution < 1.29 is 14.4 Å². The van der Waals surface area contributed by atoms with Crippen LogP contribution >= 0.6 is 0 Å². The van der Waals surface area contributed by atoms with Crippen LogP contribution in [0.4, 0.5) is 0 Å². The topological polar surface area (TPSA) is 76.2 Å². The van der Waals surface area contributed by atoms with Crippen LogP contribution in [0.5, 0.6) is 0 Å². The van der Waals surface area contributed by atoms with Crippen molar-refractivity contribution in [1.82, 2.24) is 10.1 Å². The maximum Gasteiger partial charge on any atom is 0.335 e. The molecule has 0 saturated heterocycles. The third-order valence-electron chi connectivity index (χ3n) is 3.38. The summed E-state index contributed by atoms with van der Waals surface area (Å²) in [5.74, 6) is 0.530. The Bertz CT molecular complexity index is 661. The van der Waals surface area contributed by atoms with Gasteiger partial charge in [-0.3, -0.25) is 0 Å². The van der Waals surface area contributed by atoms with Crippen molar-refractivity contribution in [2.24, 2.45) is 5.92 Å². The van der Waals surface area contributed by atoms with Gasteiger partial charge in [0.1, 0.15) is 0 Å². The monoisotopic (exact) mass is 270 g/mol. The lowest BCUT2D eigenvalue weighted by Crippen LogP contribution is -1.98. The number of nitrogens with zero attached hydrogens (tertiary/aromatic N) is 2. The van der Waals surface area contributed by atoms with Crippen LogP contribution in [0.1, 0.15) is 29.1 Å². The number of hydrogen-bond acceptors (Lipinski definition) is 4. The highest BCUT2D eigenvalue weighted by atomic mass is 16.5. The molecule has 102 valence electrons. The molecule has 20 heavy (non-hydrogen) atoms. The molecule has 0 bridgehead atoms. The van der Waals surface area contributed by atoms with Crippen molar-refractivity contribution >= 4 is 5.97 Å². The molecule has 0 saturated carbocycles. The van der Waals surface area contributed by atoms with E-state index < -0.39 is 5.97 Å². The lowest BCUT2D eigenvalue weighted by atomic mass is 10.1. The van der Waals surface area contributed by atoms with E-state index in [1.54, 1.807) is 18.2 Å². The standard InChI is InChI=1S/C15H14N2O3/c18-15(19)12-7-3-6-11(9-12)14-16-13(20-17-14)8-10-4-1-2-5-10/h1,3-4,6-7,9-10H,2,5,8H2,(H,18,19). The maximum absolute atomic E-state index is 10.9. The summed E-state index contributed by atoms with van der Waals surface area (Å²) in [6, 6.07) is 6.54. The van der Waals surface area contributed by atoms with Gasteiger partial charge in [0.15, 0.2) is 0 Å². The highest BCUT2D eigenvalue weighted by molar-refractivity contribution is 5.89. The van der Waals surface area contributed by atoms with Crippen molar-refractivity contribution in [3.63, 3.8) is 0 Å². The maximum atomic E-state index is 10.9. The number of rotatable bonds is 4. The van der Waals surface area contributed by atoms with Gasteiger partial charge in [0.25, 0.3) is 0 Å². The molecule has 1 unspecified atom stereocenters. The highest BCUT2D eigenvalue weighted by Crippen LogP contribution is 2.23. The molecular weight excluding hydrogens is 256 g/mol. The Labute approximate surface area is 115 Å². The molecule has 1 aliphatic carbocycles. The zero-order valence-corrected chi connectivity index (χ0v) is 10.8. The van der Waals surface area contributed by atoms with Crippen LogP contribution in [0.25, 0.3) is 11.4 Å². The predicted octanol–water partition coefficient (Wildman–Crippen LogP) is 2.94. The fraction of sp³-hybridized carbons (Fsp3) is 0.267. The fourth-order valence-electron chi connectivity index (χ4n) is 2.34. The normalized spacial score (nSPS) is 17.5. The van der Waals surface area contributed by atoms with Gasteiger partial charge in [0, 0.05) is 12.0 Å². The molecule has 5 heteroatoms. The fourth-order valence-corrected chi connectivity index (χ4v) is 2.34. The predicted molar refractivity (Wildman–Crippen MR) is 72.3 cm³/mol. The van der Waals surface area contributed by atoms with E-state index in [0.29, 0.717) is 23.2 Å². The molecule has 1 N–H and O–H groups in total. The van der Waals surface area contributed by atoms with E-state index >= 15 is 0 Å². The SMILES string of the molecule is O=C(O)c1cccc(-c2noc(CC3C=CCC3)n2)c1. The average Bonchev–Trinajstić information content (AvgIpc) is 3.11. The first kappa shape index (κ1) is 12.6. The molecule has 0 fully saturated rings. The van der Waals surface area contributed by atoms with Crippen LogP contribution in [0.15, 0.2) is 40.9 Å². The minimum absolute atomic E-state index is 0.215. The lowest BCUT2D eigenvalue weighted by molar-refractivity contribution is 0.0697. The van der Waals surface area contributed by atoms with Crippen molar-refractivity contribution in [2.75, 3.05) is 0 Å². The number of carboxylic acid groups (broad SMARTS) is 1. The molecule has 3 rings (SSSR count). The molecule has 1 heterocycles. The first-order chi connectivity index (χ1) is 9.72. The van der Waals surface area contributed by atoms with Gasteiger partial charge in [-0.05, 0) is 30.9 Å². The molecule has 1 aromatic carbocycles. The summed E-state index contributed by atoms with van der Waals surface area (Å²) in [6.45, 7) is 0. The summed E-state index contributed by atoms with van der Waals surface area (Å²) in [5.41, 5.74) is 0.870. The molecule has 0 aliphatic heterocycles. The summed E-state index contributed by atoms with van der Waals surface area (Å²) in [4.78, 5) is 15.3. The third kappa shape index (κ3) is 2.61. The molecule has 0 amide bonds. The summed E-state index contributed by atoms with van der Waals surface area (Å²) in [7, 11) is 0. The Hall–Kier alpha value is -2.43. The van der Waals surface area contributed by atoms with Crippen molar-refractivity contribution in [2.45, 2.75) is 19.3 Å². The molecule has 1 atom stereocenters. The van der Waals surface area contributed by atoms with Crippen LogP contribution in [0.2, 0.25) is 0 Å². The van der Waals surface area contributed by atoms with Crippen LogP contribution < -0.4 is 0 Å². The van der Waals surface area contributed by atoms with E-state index in [4.69, 9.17) is 9.63 Å². The second-order valence-corrected chi connectivity index (χ2v) is 4.87. The van der Waals surface area contributed by atoms with E-state index in [1.807, 2.05) is 0 Å². The van der Waals surface area contributed by atoms with Gasteiger partial charge < -0.3 is 9.63 Å². The van der Waals surface area contributed by atoms with Crippen molar-refractivity contribution in [3.05, 3.63) is 47.9 Å². The molecular formula is C15H14N2O3. The smallest absolute Gasteiger partial charge is 0.335 e. The van der Waals surface area contributed by atoms with Gasteiger partial charge in [-0.25, -0.2) is 4.79 Å². The molecule has 0 radical (unpaired) electrons. The minimum atomic E-state index is -0.966. The second-order valence-electron chi connectivity index (χ2n) is 4.87. The molecule has 1 aliphatic rings. The van der Waals surface area contributed by atoms with Gasteiger partial charge in [0.05, 0.1) is 5.56 Å². The number of allylic oxidation sites excluding steroid dienone is 2.